The lowest BCUT2D eigenvalue weighted by molar-refractivity contribution is -0.394. The van der Waals surface area contributed by atoms with E-state index in [1.54, 1.807) is 48.9 Å². The summed E-state index contributed by atoms with van der Waals surface area (Å²) in [5, 5.41) is 26.1. The number of hydrogen-bond acceptors (Lipinski definition) is 9. The number of thiophene rings is 1. The Hall–Kier alpha value is -4.84. The van der Waals surface area contributed by atoms with Crippen LogP contribution in [0, 0.1) is 20.2 Å². The molecule has 198 valence electrons. The van der Waals surface area contributed by atoms with Crippen molar-refractivity contribution in [1.29, 1.82) is 0 Å². The van der Waals surface area contributed by atoms with Crippen molar-refractivity contribution in [2.24, 2.45) is 4.99 Å². The highest BCUT2D eigenvalue weighted by molar-refractivity contribution is 7.16. The lowest BCUT2D eigenvalue weighted by Gasteiger charge is -2.12. The number of aliphatic imine (C=N–C) groups is 1. The highest BCUT2D eigenvalue weighted by Gasteiger charge is 2.26. The molecule has 1 aliphatic rings. The van der Waals surface area contributed by atoms with Gasteiger partial charge in [0, 0.05) is 22.7 Å². The van der Waals surface area contributed by atoms with Gasteiger partial charge in [-0.15, -0.1) is 11.3 Å². The van der Waals surface area contributed by atoms with E-state index in [0.29, 0.717) is 21.9 Å². The van der Waals surface area contributed by atoms with Gasteiger partial charge < -0.3 is 14.5 Å². The van der Waals surface area contributed by atoms with Crippen LogP contribution in [0.5, 0.6) is 11.5 Å². The molecule has 0 unspecified atom stereocenters. The Kier molecular flexibility index (Phi) is 7.46. The van der Waals surface area contributed by atoms with Crippen molar-refractivity contribution in [2.75, 3.05) is 0 Å². The molecule has 4 aromatic rings. The molecule has 0 saturated heterocycles. The van der Waals surface area contributed by atoms with Gasteiger partial charge in [-0.25, -0.2) is 4.99 Å². The smallest absolute Gasteiger partial charge is 0.318 e. The number of para-hydroxylation sites is 1. The summed E-state index contributed by atoms with van der Waals surface area (Å²) in [6.07, 6.45) is 6.83. The maximum Gasteiger partial charge on any atom is 0.318 e. The minimum Gasteiger partial charge on any atom is -0.467 e. The van der Waals surface area contributed by atoms with Gasteiger partial charge in [0.15, 0.2) is 0 Å². The van der Waals surface area contributed by atoms with Crippen molar-refractivity contribution in [2.45, 2.75) is 32.2 Å². The number of carbonyl (C=O) groups is 1. The van der Waals surface area contributed by atoms with Gasteiger partial charge in [-0.2, -0.15) is 0 Å². The number of nitrogens with zero attached hydrogens (tertiary/aromatic N) is 3. The molecule has 1 N–H and O–H groups in total. The van der Waals surface area contributed by atoms with Crippen LogP contribution in [0.25, 0.3) is 0 Å². The van der Waals surface area contributed by atoms with E-state index in [-0.39, 0.29) is 24.0 Å². The predicted molar refractivity (Wildman–Crippen MR) is 144 cm³/mol. The molecule has 0 fully saturated rings. The number of carbonyl (C=O) groups excluding carboxylic acids is 1. The summed E-state index contributed by atoms with van der Waals surface area (Å²) in [7, 11) is 0. The number of hydrogen-bond donors (Lipinski definition) is 1. The maximum absolute atomic E-state index is 13.2. The number of rotatable bonds is 9. The van der Waals surface area contributed by atoms with Gasteiger partial charge in [-0.3, -0.25) is 25.0 Å². The first kappa shape index (κ1) is 25.8. The van der Waals surface area contributed by atoms with Crippen molar-refractivity contribution in [3.8, 4) is 11.5 Å². The molecule has 0 bridgehead atoms. The summed E-state index contributed by atoms with van der Waals surface area (Å²) in [6.45, 7) is 0.254. The van der Waals surface area contributed by atoms with Crippen LogP contribution in [0.15, 0.2) is 70.3 Å². The molecule has 1 aliphatic carbocycles. The van der Waals surface area contributed by atoms with E-state index in [1.165, 1.54) is 17.4 Å². The molecular formula is C27H22N4O7S. The third-order valence-corrected chi connectivity index (χ3v) is 7.39. The van der Waals surface area contributed by atoms with Crippen molar-refractivity contribution in [1.82, 2.24) is 5.32 Å². The lowest BCUT2D eigenvalue weighted by atomic mass is 9.95. The van der Waals surface area contributed by atoms with Crippen LogP contribution in [-0.4, -0.2) is 22.0 Å². The average molecular weight is 547 g/mol. The van der Waals surface area contributed by atoms with E-state index < -0.39 is 21.2 Å². The Morgan fingerprint density at radius 1 is 1.05 bits per heavy atom. The topological polar surface area (TPSA) is 150 Å². The molecule has 12 heteroatoms. The van der Waals surface area contributed by atoms with E-state index in [0.717, 1.165) is 48.3 Å². The largest absolute Gasteiger partial charge is 0.467 e. The minimum absolute atomic E-state index is 0.143. The number of non-ortho nitro benzene ring substituents is 1. The highest BCUT2D eigenvalue weighted by Crippen LogP contribution is 2.40. The van der Waals surface area contributed by atoms with Gasteiger partial charge in [0.1, 0.15) is 16.5 Å². The summed E-state index contributed by atoms with van der Waals surface area (Å²) >= 11 is 1.48. The molecule has 11 nitrogen and oxygen atoms in total. The number of nitro benzene ring substituents is 2. The molecule has 5 rings (SSSR count). The highest BCUT2D eigenvalue weighted by atomic mass is 32.1. The summed E-state index contributed by atoms with van der Waals surface area (Å²) in [6, 6.07) is 13.5. The SMILES string of the molecule is O=C(NCc1ccco1)c1c(N=Cc2ccccc2Oc2ccc([N+](=O)[O-])cc2[N+](=O)[O-])sc2c1CCCC2. The van der Waals surface area contributed by atoms with Crippen LogP contribution in [0.3, 0.4) is 0 Å². The van der Waals surface area contributed by atoms with Gasteiger partial charge in [-0.1, -0.05) is 12.1 Å². The summed E-state index contributed by atoms with van der Waals surface area (Å²) in [4.78, 5) is 40.2. The second kappa shape index (κ2) is 11.3. The van der Waals surface area contributed by atoms with E-state index in [2.05, 4.69) is 10.3 Å². The van der Waals surface area contributed by atoms with Crippen molar-refractivity contribution < 1.29 is 23.8 Å². The fourth-order valence-corrected chi connectivity index (χ4v) is 5.55. The molecule has 0 radical (unpaired) electrons. The Bertz CT molecular complexity index is 1580. The van der Waals surface area contributed by atoms with Crippen LogP contribution in [0.4, 0.5) is 16.4 Å². The van der Waals surface area contributed by atoms with Crippen LogP contribution < -0.4 is 10.1 Å². The molecule has 0 spiro atoms. The maximum atomic E-state index is 13.2. The third kappa shape index (κ3) is 5.70. The van der Waals surface area contributed by atoms with Gasteiger partial charge >= 0.3 is 5.69 Å². The molecular weight excluding hydrogens is 524 g/mol. The normalized spacial score (nSPS) is 12.7. The number of nitrogens with one attached hydrogen (secondary N) is 1. The number of aryl methyl sites for hydroxylation is 1. The predicted octanol–water partition coefficient (Wildman–Crippen LogP) is 6.51. The Labute approximate surface area is 226 Å². The molecule has 0 aliphatic heterocycles. The molecule has 39 heavy (non-hydrogen) atoms. The van der Waals surface area contributed by atoms with Crippen molar-refractivity contribution in [3.63, 3.8) is 0 Å². The Morgan fingerprint density at radius 2 is 1.87 bits per heavy atom. The van der Waals surface area contributed by atoms with Gasteiger partial charge in [-0.05, 0) is 61.6 Å². The number of nitro groups is 2. The van der Waals surface area contributed by atoms with E-state index >= 15 is 0 Å². The van der Waals surface area contributed by atoms with E-state index in [9.17, 15) is 25.0 Å². The zero-order valence-electron chi connectivity index (χ0n) is 20.5. The zero-order valence-corrected chi connectivity index (χ0v) is 21.3. The van der Waals surface area contributed by atoms with E-state index in [1.807, 2.05) is 0 Å². The molecule has 2 aromatic carbocycles. The molecule has 0 saturated carbocycles. The fourth-order valence-electron chi connectivity index (χ4n) is 4.32. The van der Waals surface area contributed by atoms with Crippen LogP contribution in [0.1, 0.15) is 45.0 Å². The molecule has 1 amide bonds. The third-order valence-electron chi connectivity index (χ3n) is 6.19. The van der Waals surface area contributed by atoms with Crippen molar-refractivity contribution >= 4 is 39.8 Å². The van der Waals surface area contributed by atoms with Crippen LogP contribution >= 0.6 is 11.3 Å². The van der Waals surface area contributed by atoms with Gasteiger partial charge in [0.25, 0.3) is 11.6 Å². The summed E-state index contributed by atoms with van der Waals surface area (Å²) < 4.78 is 11.1. The average Bonchev–Trinajstić information content (AvgIpc) is 3.59. The van der Waals surface area contributed by atoms with Gasteiger partial charge in [0.05, 0.1) is 34.3 Å². The second-order valence-electron chi connectivity index (χ2n) is 8.72. The van der Waals surface area contributed by atoms with Crippen LogP contribution in [0.2, 0.25) is 0 Å². The number of benzene rings is 2. The van der Waals surface area contributed by atoms with E-state index in [4.69, 9.17) is 9.15 Å². The monoisotopic (exact) mass is 546 g/mol. The van der Waals surface area contributed by atoms with Crippen molar-refractivity contribution in [3.05, 3.63) is 108 Å². The first-order chi connectivity index (χ1) is 18.9. The summed E-state index contributed by atoms with van der Waals surface area (Å²) in [5.41, 5.74) is 1.13. The number of furan rings is 1. The standard InChI is InChI=1S/C27H22N4O7S/c32-26(28-16-19-7-5-13-37-19)25-20-8-2-4-10-24(20)39-27(25)29-15-17-6-1-3-9-22(17)38-23-12-11-18(30(33)34)14-21(23)31(35)36/h1,3,5-7,9,11-15H,2,4,8,10,16H2,(H,28,32). The first-order valence-electron chi connectivity index (χ1n) is 12.1. The number of ether oxygens (including phenoxy) is 1. The molecule has 2 aromatic heterocycles. The Morgan fingerprint density at radius 3 is 2.64 bits per heavy atom. The second-order valence-corrected chi connectivity index (χ2v) is 9.80. The first-order valence-corrected chi connectivity index (χ1v) is 12.9. The van der Waals surface area contributed by atoms with Gasteiger partial charge in [0.2, 0.25) is 5.75 Å². The number of amides is 1. The molecule has 2 heterocycles. The molecule has 0 atom stereocenters. The summed E-state index contributed by atoms with van der Waals surface area (Å²) in [5.74, 6) is 0.535. The quantitative estimate of drug-likeness (QED) is 0.143. The minimum atomic E-state index is -0.733. The number of fused-ring (bicyclic) bond motifs is 1. The zero-order chi connectivity index (χ0) is 27.4. The lowest BCUT2D eigenvalue weighted by Crippen LogP contribution is -2.23. The fraction of sp³-hybridized carbons (Fsp3) is 0.185. The Balaban J connectivity index is 1.44. The van der Waals surface area contributed by atoms with Crippen LogP contribution in [-0.2, 0) is 19.4 Å².